The number of aliphatic hydroxyl groups excluding tert-OH is 1. The Balaban J connectivity index is 1.70. The second-order valence-corrected chi connectivity index (χ2v) is 9.03. The van der Waals surface area contributed by atoms with Gasteiger partial charge in [-0.3, -0.25) is 9.59 Å². The number of aliphatic hydroxyl groups is 2. The van der Waals surface area contributed by atoms with Crippen molar-refractivity contribution < 1.29 is 24.1 Å². The van der Waals surface area contributed by atoms with E-state index in [1.165, 1.54) is 6.07 Å². The highest BCUT2D eigenvalue weighted by atomic mass is 32.1. The van der Waals surface area contributed by atoms with Crippen LogP contribution in [0.1, 0.15) is 41.2 Å². The molecule has 3 N–H and O–H groups in total. The summed E-state index contributed by atoms with van der Waals surface area (Å²) in [6.45, 7) is 3.62. The maximum atomic E-state index is 14.7. The largest absolute Gasteiger partial charge is 0.380 e. The molecule has 0 spiro atoms. The van der Waals surface area contributed by atoms with Gasteiger partial charge in [0.15, 0.2) is 6.29 Å². The summed E-state index contributed by atoms with van der Waals surface area (Å²) in [5, 5.41) is 24.8. The van der Waals surface area contributed by atoms with Crippen molar-refractivity contribution >= 4 is 29.4 Å². The zero-order valence-corrected chi connectivity index (χ0v) is 19.6. The summed E-state index contributed by atoms with van der Waals surface area (Å²) in [5.41, 5.74) is 1.77. The normalized spacial score (nSPS) is 20.7. The molecule has 3 aromatic rings. The first-order chi connectivity index (χ1) is 16.2. The van der Waals surface area contributed by atoms with E-state index in [0.29, 0.717) is 44.5 Å². The average molecular weight is 486 g/mol. The summed E-state index contributed by atoms with van der Waals surface area (Å²) in [4.78, 5) is 29.7. The predicted molar refractivity (Wildman–Crippen MR) is 126 cm³/mol. The van der Waals surface area contributed by atoms with Crippen LogP contribution in [0.15, 0.2) is 23.0 Å². The van der Waals surface area contributed by atoms with Crippen molar-refractivity contribution in [3.63, 3.8) is 0 Å². The third-order valence-corrected chi connectivity index (χ3v) is 7.19. The Bertz CT molecular complexity index is 1420. The lowest BCUT2D eigenvalue weighted by Crippen LogP contribution is -2.47. The quantitative estimate of drug-likeness (QED) is 0.328. The SMILES string of the molecule is CC[C@]1(O)c2cc3n(c(=O)c2COC1O)Cc1cc2c(CNC(=O)CS)c(C)c(F)cc2nc1-3. The summed E-state index contributed by atoms with van der Waals surface area (Å²) in [6, 6.07) is 4.89. The van der Waals surface area contributed by atoms with Gasteiger partial charge in [-0.25, -0.2) is 9.37 Å². The third-order valence-electron chi connectivity index (χ3n) is 6.91. The molecule has 2 atom stereocenters. The number of ether oxygens (including phenoxy) is 1. The fraction of sp³-hybridized carbons (Fsp3) is 0.375. The monoisotopic (exact) mass is 485 g/mol. The molecule has 2 aliphatic heterocycles. The molecule has 2 aliphatic rings. The molecule has 34 heavy (non-hydrogen) atoms. The van der Waals surface area contributed by atoms with Gasteiger partial charge in [0.25, 0.3) is 5.56 Å². The molecule has 1 amide bonds. The zero-order valence-electron chi connectivity index (χ0n) is 18.7. The number of halogens is 1. The number of nitrogens with zero attached hydrogens (tertiary/aromatic N) is 2. The minimum atomic E-state index is -1.72. The highest BCUT2D eigenvalue weighted by molar-refractivity contribution is 7.81. The topological polar surface area (TPSA) is 114 Å². The number of fused-ring (bicyclic) bond motifs is 5. The lowest BCUT2D eigenvalue weighted by molar-refractivity contribution is -0.236. The Morgan fingerprint density at radius 2 is 2.18 bits per heavy atom. The molecule has 4 heterocycles. The van der Waals surface area contributed by atoms with Gasteiger partial charge in [-0.05, 0) is 36.6 Å². The van der Waals surface area contributed by atoms with Gasteiger partial charge < -0.3 is 24.8 Å². The number of rotatable bonds is 4. The molecule has 1 aromatic carbocycles. The molecule has 178 valence electrons. The highest BCUT2D eigenvalue weighted by Crippen LogP contribution is 2.40. The van der Waals surface area contributed by atoms with Gasteiger partial charge in [0.2, 0.25) is 5.91 Å². The van der Waals surface area contributed by atoms with Gasteiger partial charge in [-0.2, -0.15) is 12.6 Å². The molecule has 0 fully saturated rings. The lowest BCUT2D eigenvalue weighted by atomic mass is 9.85. The number of thiol groups is 1. The first kappa shape index (κ1) is 23.0. The number of amides is 1. The number of benzene rings is 1. The molecule has 10 heteroatoms. The molecule has 8 nitrogen and oxygen atoms in total. The molecule has 0 radical (unpaired) electrons. The van der Waals surface area contributed by atoms with Crippen LogP contribution in [0.5, 0.6) is 0 Å². The number of hydrogen-bond acceptors (Lipinski definition) is 7. The zero-order chi connectivity index (χ0) is 24.4. The van der Waals surface area contributed by atoms with Gasteiger partial charge in [-0.1, -0.05) is 6.92 Å². The van der Waals surface area contributed by atoms with Crippen molar-refractivity contribution in [2.75, 3.05) is 5.75 Å². The van der Waals surface area contributed by atoms with E-state index in [1.807, 2.05) is 6.07 Å². The smallest absolute Gasteiger partial charge is 0.257 e. The number of carbonyl (C=O) groups is 1. The molecule has 5 rings (SSSR count). The number of carbonyl (C=O) groups excluding carboxylic acids is 1. The number of aromatic nitrogens is 2. The molecule has 0 aliphatic carbocycles. The van der Waals surface area contributed by atoms with Gasteiger partial charge in [0, 0.05) is 34.7 Å². The van der Waals surface area contributed by atoms with Crippen LogP contribution in [-0.2, 0) is 34.8 Å². The Morgan fingerprint density at radius 1 is 1.41 bits per heavy atom. The summed E-state index contributed by atoms with van der Waals surface area (Å²) in [7, 11) is 0. The van der Waals surface area contributed by atoms with Crippen LogP contribution >= 0.6 is 12.6 Å². The van der Waals surface area contributed by atoms with Crippen molar-refractivity contribution in [3.8, 4) is 11.4 Å². The number of hydrogen-bond donors (Lipinski definition) is 4. The van der Waals surface area contributed by atoms with E-state index in [4.69, 9.17) is 4.74 Å². The molecule has 1 unspecified atom stereocenters. The first-order valence-electron chi connectivity index (χ1n) is 11.0. The minimum Gasteiger partial charge on any atom is -0.380 e. The maximum Gasteiger partial charge on any atom is 0.257 e. The predicted octanol–water partition coefficient (Wildman–Crippen LogP) is 1.86. The van der Waals surface area contributed by atoms with E-state index in [9.17, 15) is 24.2 Å². The molecule has 0 saturated heterocycles. The Hall–Kier alpha value is -2.79. The van der Waals surface area contributed by atoms with Crippen LogP contribution in [0.4, 0.5) is 4.39 Å². The van der Waals surface area contributed by atoms with Gasteiger partial charge >= 0.3 is 0 Å². The fourth-order valence-corrected chi connectivity index (χ4v) is 4.96. The Labute approximate surface area is 199 Å². The maximum absolute atomic E-state index is 14.7. The lowest BCUT2D eigenvalue weighted by Gasteiger charge is -2.37. The van der Waals surface area contributed by atoms with E-state index < -0.39 is 17.7 Å². The molecular formula is C24H24FN3O5S. The minimum absolute atomic E-state index is 0.0192. The van der Waals surface area contributed by atoms with Crippen molar-refractivity contribution in [3.05, 3.63) is 62.2 Å². The second kappa shape index (κ2) is 8.16. The Morgan fingerprint density at radius 3 is 2.88 bits per heavy atom. The standard InChI is InChI=1S/C24H24FN3O5S/c1-3-24(32)16-5-19-21-12(8-28(19)22(30)15(16)9-33-23(24)31)4-13-14(7-26-20(29)10-34)11(2)17(25)6-18(13)27-21/h4-6,23,31-32,34H,3,7-10H2,1-2H3,(H,26,29)/t23?,24-/m0/s1. The van der Waals surface area contributed by atoms with Crippen LogP contribution < -0.4 is 10.9 Å². The van der Waals surface area contributed by atoms with Crippen molar-refractivity contribution in [2.45, 2.75) is 51.9 Å². The van der Waals surface area contributed by atoms with E-state index >= 15 is 0 Å². The first-order valence-corrected chi connectivity index (χ1v) is 11.6. The van der Waals surface area contributed by atoms with Crippen LogP contribution in [0, 0.1) is 12.7 Å². The van der Waals surface area contributed by atoms with Gasteiger partial charge in [0.05, 0.1) is 35.8 Å². The summed E-state index contributed by atoms with van der Waals surface area (Å²) in [6.07, 6.45) is -1.31. The summed E-state index contributed by atoms with van der Waals surface area (Å²) >= 11 is 3.96. The van der Waals surface area contributed by atoms with Crippen molar-refractivity contribution in [2.24, 2.45) is 0 Å². The number of nitrogens with one attached hydrogen (secondary N) is 1. The molecular weight excluding hydrogens is 461 g/mol. The number of pyridine rings is 2. The van der Waals surface area contributed by atoms with Crippen LogP contribution in [-0.4, -0.2) is 37.7 Å². The summed E-state index contributed by atoms with van der Waals surface area (Å²) < 4.78 is 21.6. The van der Waals surface area contributed by atoms with Gasteiger partial charge in [0.1, 0.15) is 11.4 Å². The highest BCUT2D eigenvalue weighted by Gasteiger charge is 2.44. The van der Waals surface area contributed by atoms with Crippen LogP contribution in [0.25, 0.3) is 22.3 Å². The summed E-state index contributed by atoms with van der Waals surface area (Å²) in [5.74, 6) is -0.700. The molecule has 2 aromatic heterocycles. The fourth-order valence-electron chi connectivity index (χ4n) is 4.84. The molecule has 0 bridgehead atoms. The average Bonchev–Trinajstić information content (AvgIpc) is 3.18. The van der Waals surface area contributed by atoms with E-state index in [2.05, 4.69) is 22.9 Å². The van der Waals surface area contributed by atoms with Crippen molar-refractivity contribution in [1.82, 2.24) is 14.9 Å². The van der Waals surface area contributed by atoms with Crippen LogP contribution in [0.2, 0.25) is 0 Å². The van der Waals surface area contributed by atoms with E-state index in [0.717, 1.165) is 5.56 Å². The second-order valence-electron chi connectivity index (χ2n) is 8.71. The van der Waals surface area contributed by atoms with E-state index in [-0.39, 0.29) is 43.3 Å². The third kappa shape index (κ3) is 3.28. The molecule has 0 saturated carbocycles. The van der Waals surface area contributed by atoms with Gasteiger partial charge in [-0.15, -0.1) is 0 Å². The van der Waals surface area contributed by atoms with Crippen LogP contribution in [0.3, 0.4) is 0 Å². The van der Waals surface area contributed by atoms with E-state index in [1.54, 1.807) is 24.5 Å². The van der Waals surface area contributed by atoms with Crippen molar-refractivity contribution in [1.29, 1.82) is 0 Å². The Kier molecular flexibility index (Phi) is 5.51.